The molecule has 1 aromatic carbocycles. The van der Waals surface area contributed by atoms with Gasteiger partial charge in [0.1, 0.15) is 5.82 Å². The molecule has 3 aromatic rings. The van der Waals surface area contributed by atoms with E-state index in [9.17, 15) is 4.79 Å². The molecule has 7 nitrogen and oxygen atoms in total. The average molecular weight is 363 g/mol. The summed E-state index contributed by atoms with van der Waals surface area (Å²) in [6.45, 7) is 3.39. The van der Waals surface area contributed by atoms with Crippen molar-refractivity contribution in [2.24, 2.45) is 0 Å². The van der Waals surface area contributed by atoms with Gasteiger partial charge in [0.15, 0.2) is 5.76 Å². The van der Waals surface area contributed by atoms with Gasteiger partial charge < -0.3 is 19.5 Å². The summed E-state index contributed by atoms with van der Waals surface area (Å²) in [6, 6.07) is 15.5. The van der Waals surface area contributed by atoms with Crippen molar-refractivity contribution in [3.05, 3.63) is 72.3 Å². The average Bonchev–Trinajstić information content (AvgIpc) is 3.28. The molecule has 4 rings (SSSR count). The van der Waals surface area contributed by atoms with Gasteiger partial charge in [0.05, 0.1) is 6.26 Å². The number of nitrogens with one attached hydrogen (secondary N) is 1. The number of carbonyl (C=O) groups is 1. The summed E-state index contributed by atoms with van der Waals surface area (Å²) in [6.07, 6.45) is 3.28. The maximum atomic E-state index is 12.4. The van der Waals surface area contributed by atoms with Crippen molar-refractivity contribution in [1.82, 2.24) is 14.9 Å². The first-order valence-electron chi connectivity index (χ1n) is 8.98. The van der Waals surface area contributed by atoms with Gasteiger partial charge in [0.2, 0.25) is 5.95 Å². The van der Waals surface area contributed by atoms with Crippen LogP contribution in [0, 0.1) is 0 Å². The second-order valence-corrected chi connectivity index (χ2v) is 6.33. The van der Waals surface area contributed by atoms with Crippen LogP contribution in [0.3, 0.4) is 0 Å². The number of aromatic nitrogens is 2. The van der Waals surface area contributed by atoms with Gasteiger partial charge in [-0.3, -0.25) is 4.79 Å². The standard InChI is InChI=1S/C20H21N5O2/c26-19(17-7-4-14-27-17)25-12-10-24(11-13-25)18-8-9-21-20(23-18)22-15-16-5-2-1-3-6-16/h1-9,14H,10-13,15H2,(H,21,22,23). The van der Waals surface area contributed by atoms with Crippen molar-refractivity contribution in [2.45, 2.75) is 6.54 Å². The van der Waals surface area contributed by atoms with Crippen molar-refractivity contribution in [1.29, 1.82) is 0 Å². The minimum Gasteiger partial charge on any atom is -0.459 e. The lowest BCUT2D eigenvalue weighted by molar-refractivity contribution is 0.0714. The highest BCUT2D eigenvalue weighted by molar-refractivity contribution is 5.91. The molecule has 1 saturated heterocycles. The van der Waals surface area contributed by atoms with Crippen LogP contribution in [0.4, 0.5) is 11.8 Å². The number of anilines is 2. The number of rotatable bonds is 5. The number of hydrogen-bond acceptors (Lipinski definition) is 6. The minimum absolute atomic E-state index is 0.0624. The van der Waals surface area contributed by atoms with Gasteiger partial charge >= 0.3 is 0 Å². The Morgan fingerprint density at radius 3 is 2.59 bits per heavy atom. The molecule has 1 aliphatic heterocycles. The molecule has 138 valence electrons. The van der Waals surface area contributed by atoms with Gasteiger partial charge in [-0.1, -0.05) is 30.3 Å². The van der Waals surface area contributed by atoms with Gasteiger partial charge in [-0.25, -0.2) is 4.98 Å². The predicted octanol–water partition coefficient (Wildman–Crippen LogP) is 2.64. The Morgan fingerprint density at radius 2 is 1.85 bits per heavy atom. The monoisotopic (exact) mass is 363 g/mol. The molecule has 0 bridgehead atoms. The smallest absolute Gasteiger partial charge is 0.289 e. The summed E-state index contributed by atoms with van der Waals surface area (Å²) in [7, 11) is 0. The van der Waals surface area contributed by atoms with E-state index in [4.69, 9.17) is 4.42 Å². The van der Waals surface area contributed by atoms with Crippen molar-refractivity contribution in [3.8, 4) is 0 Å². The molecule has 0 aliphatic carbocycles. The summed E-state index contributed by atoms with van der Waals surface area (Å²) in [4.78, 5) is 25.2. The van der Waals surface area contributed by atoms with Crippen LogP contribution >= 0.6 is 0 Å². The summed E-state index contributed by atoms with van der Waals surface area (Å²) in [5, 5.41) is 3.26. The topological polar surface area (TPSA) is 74.5 Å². The maximum Gasteiger partial charge on any atom is 0.289 e. The van der Waals surface area contributed by atoms with Crippen LogP contribution in [0.15, 0.2) is 65.4 Å². The molecule has 1 amide bonds. The van der Waals surface area contributed by atoms with Crippen LogP contribution in [0.25, 0.3) is 0 Å². The molecular formula is C20H21N5O2. The molecule has 0 radical (unpaired) electrons. The molecule has 1 aliphatic rings. The fourth-order valence-corrected chi connectivity index (χ4v) is 3.08. The number of nitrogens with zero attached hydrogens (tertiary/aromatic N) is 4. The van der Waals surface area contributed by atoms with E-state index in [-0.39, 0.29) is 5.91 Å². The first kappa shape index (κ1) is 17.1. The van der Waals surface area contributed by atoms with Crippen molar-refractivity contribution in [2.75, 3.05) is 36.4 Å². The van der Waals surface area contributed by atoms with Crippen LogP contribution in [0.2, 0.25) is 0 Å². The van der Waals surface area contributed by atoms with Crippen molar-refractivity contribution in [3.63, 3.8) is 0 Å². The lowest BCUT2D eigenvalue weighted by atomic mass is 10.2. The number of furan rings is 1. The third-order valence-electron chi connectivity index (χ3n) is 4.56. The number of piperazine rings is 1. The Bertz CT molecular complexity index is 874. The van der Waals surface area contributed by atoms with Gasteiger partial charge in [-0.05, 0) is 23.8 Å². The van der Waals surface area contributed by atoms with E-state index in [1.807, 2.05) is 29.2 Å². The Balaban J connectivity index is 1.35. The van der Waals surface area contributed by atoms with Gasteiger partial charge in [-0.15, -0.1) is 0 Å². The molecule has 7 heteroatoms. The summed E-state index contributed by atoms with van der Waals surface area (Å²) in [5.74, 6) is 1.79. The minimum atomic E-state index is -0.0624. The second kappa shape index (κ2) is 7.90. The Labute approximate surface area is 157 Å². The van der Waals surface area contributed by atoms with E-state index in [0.29, 0.717) is 31.3 Å². The highest BCUT2D eigenvalue weighted by Gasteiger charge is 2.24. The summed E-state index contributed by atoms with van der Waals surface area (Å²) in [5.41, 5.74) is 1.18. The Hall–Kier alpha value is -3.35. The zero-order chi connectivity index (χ0) is 18.5. The van der Waals surface area contributed by atoms with Crippen LogP contribution in [-0.4, -0.2) is 47.0 Å². The van der Waals surface area contributed by atoms with Gasteiger partial charge in [0, 0.05) is 38.9 Å². The molecule has 1 fully saturated rings. The van der Waals surface area contributed by atoms with Crippen LogP contribution in [-0.2, 0) is 6.54 Å². The van der Waals surface area contributed by atoms with Crippen molar-refractivity contribution < 1.29 is 9.21 Å². The molecular weight excluding hydrogens is 342 g/mol. The molecule has 3 heterocycles. The van der Waals surface area contributed by atoms with Crippen molar-refractivity contribution >= 4 is 17.7 Å². The highest BCUT2D eigenvalue weighted by Crippen LogP contribution is 2.16. The Kier molecular flexibility index (Phi) is 5.00. The molecule has 0 spiro atoms. The zero-order valence-electron chi connectivity index (χ0n) is 14.9. The van der Waals surface area contributed by atoms with E-state index < -0.39 is 0 Å². The largest absolute Gasteiger partial charge is 0.459 e. The van der Waals surface area contributed by atoms with E-state index in [1.54, 1.807) is 18.3 Å². The number of carbonyl (C=O) groups excluding carboxylic acids is 1. The van der Waals surface area contributed by atoms with Crippen LogP contribution in [0.5, 0.6) is 0 Å². The zero-order valence-corrected chi connectivity index (χ0v) is 14.9. The molecule has 2 aromatic heterocycles. The van der Waals surface area contributed by atoms with E-state index >= 15 is 0 Å². The number of benzene rings is 1. The van der Waals surface area contributed by atoms with E-state index in [1.165, 1.54) is 11.8 Å². The lowest BCUT2D eigenvalue weighted by Gasteiger charge is -2.35. The number of hydrogen-bond donors (Lipinski definition) is 1. The predicted molar refractivity (Wildman–Crippen MR) is 103 cm³/mol. The first-order valence-corrected chi connectivity index (χ1v) is 8.98. The SMILES string of the molecule is O=C(c1ccco1)N1CCN(c2ccnc(NCc3ccccc3)n2)CC1. The van der Waals surface area contributed by atoms with Gasteiger partial charge in [-0.2, -0.15) is 4.98 Å². The fraction of sp³-hybridized carbons (Fsp3) is 0.250. The first-order chi connectivity index (χ1) is 13.3. The molecule has 0 saturated carbocycles. The fourth-order valence-electron chi connectivity index (χ4n) is 3.08. The second-order valence-electron chi connectivity index (χ2n) is 6.33. The third-order valence-corrected chi connectivity index (χ3v) is 4.56. The third kappa shape index (κ3) is 4.08. The highest BCUT2D eigenvalue weighted by atomic mass is 16.3. The summed E-state index contributed by atoms with van der Waals surface area (Å²) >= 11 is 0. The quantitative estimate of drug-likeness (QED) is 0.751. The van der Waals surface area contributed by atoms with Gasteiger partial charge in [0.25, 0.3) is 5.91 Å². The van der Waals surface area contributed by atoms with E-state index in [0.717, 1.165) is 18.9 Å². The maximum absolute atomic E-state index is 12.4. The molecule has 0 atom stereocenters. The van der Waals surface area contributed by atoms with E-state index in [2.05, 4.69) is 32.3 Å². The Morgan fingerprint density at radius 1 is 1.04 bits per heavy atom. The normalized spacial score (nSPS) is 14.2. The van der Waals surface area contributed by atoms with Crippen LogP contribution in [0.1, 0.15) is 16.1 Å². The molecule has 27 heavy (non-hydrogen) atoms. The summed E-state index contributed by atoms with van der Waals surface area (Å²) < 4.78 is 5.21. The number of amides is 1. The van der Waals surface area contributed by atoms with Crippen LogP contribution < -0.4 is 10.2 Å². The molecule has 0 unspecified atom stereocenters. The lowest BCUT2D eigenvalue weighted by Crippen LogP contribution is -2.49. The molecule has 1 N–H and O–H groups in total.